The molecule has 0 bridgehead atoms. The van der Waals surface area contributed by atoms with E-state index >= 15 is 0 Å². The second-order valence-electron chi connectivity index (χ2n) is 3.59. The zero-order chi connectivity index (χ0) is 11.4. The quantitative estimate of drug-likeness (QED) is 0.629. The average Bonchev–Trinajstić information content (AvgIpc) is 2.21. The number of ether oxygens (including phenoxy) is 1. The van der Waals surface area contributed by atoms with Crippen molar-refractivity contribution in [3.8, 4) is 0 Å². The highest BCUT2D eigenvalue weighted by atomic mass is 127. The molecule has 0 N–H and O–H groups in total. The fourth-order valence-corrected chi connectivity index (χ4v) is 1.57. The summed E-state index contributed by atoms with van der Waals surface area (Å²) in [7, 11) is 0. The standard InChI is InChI=1S/C12H15IO2/c1-4-9(3)15-12(14)10-6-5-8(2)11(13)7-10/h5-7,9H,4H2,1-3H3. The third-order valence-corrected chi connectivity index (χ3v) is 3.45. The fourth-order valence-electron chi connectivity index (χ4n) is 1.05. The zero-order valence-corrected chi connectivity index (χ0v) is 11.4. The minimum absolute atomic E-state index is 0.0172. The van der Waals surface area contributed by atoms with Crippen LogP contribution in [0.15, 0.2) is 18.2 Å². The monoisotopic (exact) mass is 318 g/mol. The summed E-state index contributed by atoms with van der Waals surface area (Å²) in [6.07, 6.45) is 0.825. The number of hydrogen-bond donors (Lipinski definition) is 0. The first-order chi connectivity index (χ1) is 7.04. The molecule has 3 heteroatoms. The van der Waals surface area contributed by atoms with Crippen molar-refractivity contribution in [2.75, 3.05) is 0 Å². The molecular formula is C12H15IO2. The third kappa shape index (κ3) is 3.48. The molecule has 1 aromatic carbocycles. The highest BCUT2D eigenvalue weighted by molar-refractivity contribution is 14.1. The van der Waals surface area contributed by atoms with Gasteiger partial charge in [0.05, 0.1) is 11.7 Å². The van der Waals surface area contributed by atoms with E-state index in [1.807, 2.05) is 39.0 Å². The van der Waals surface area contributed by atoms with Crippen molar-refractivity contribution in [1.82, 2.24) is 0 Å². The van der Waals surface area contributed by atoms with Crippen molar-refractivity contribution in [2.24, 2.45) is 0 Å². The molecule has 2 nitrogen and oxygen atoms in total. The van der Waals surface area contributed by atoms with Crippen LogP contribution in [0.1, 0.15) is 36.2 Å². The van der Waals surface area contributed by atoms with Crippen LogP contribution < -0.4 is 0 Å². The predicted molar refractivity (Wildman–Crippen MR) is 69.1 cm³/mol. The van der Waals surface area contributed by atoms with E-state index in [4.69, 9.17) is 4.74 Å². The Balaban J connectivity index is 2.78. The highest BCUT2D eigenvalue weighted by Crippen LogP contribution is 2.15. The van der Waals surface area contributed by atoms with E-state index in [-0.39, 0.29) is 12.1 Å². The molecule has 1 unspecified atom stereocenters. The molecule has 0 fully saturated rings. The van der Waals surface area contributed by atoms with Gasteiger partial charge in [-0.2, -0.15) is 0 Å². The number of esters is 1. The highest BCUT2D eigenvalue weighted by Gasteiger charge is 2.11. The molecule has 0 amide bonds. The van der Waals surface area contributed by atoms with Crippen LogP contribution in [-0.4, -0.2) is 12.1 Å². The number of carbonyl (C=O) groups excluding carboxylic acids is 1. The molecule has 0 aliphatic carbocycles. The molecular weight excluding hydrogens is 303 g/mol. The largest absolute Gasteiger partial charge is 0.459 e. The molecule has 1 aromatic rings. The third-order valence-electron chi connectivity index (χ3n) is 2.29. The molecule has 15 heavy (non-hydrogen) atoms. The SMILES string of the molecule is CCC(C)OC(=O)c1ccc(C)c(I)c1. The van der Waals surface area contributed by atoms with Gasteiger partial charge in [0, 0.05) is 3.57 Å². The molecule has 0 radical (unpaired) electrons. The van der Waals surface area contributed by atoms with E-state index in [1.54, 1.807) is 0 Å². The number of aryl methyl sites for hydroxylation is 1. The van der Waals surface area contributed by atoms with Gasteiger partial charge in [-0.25, -0.2) is 4.79 Å². The van der Waals surface area contributed by atoms with Gasteiger partial charge >= 0.3 is 5.97 Å². The van der Waals surface area contributed by atoms with Crippen LogP contribution in [-0.2, 0) is 4.74 Å². The normalized spacial score (nSPS) is 12.3. The Kier molecular flexibility index (Phi) is 4.57. The molecule has 1 rings (SSSR count). The maximum atomic E-state index is 11.7. The van der Waals surface area contributed by atoms with Gasteiger partial charge in [-0.1, -0.05) is 13.0 Å². The van der Waals surface area contributed by atoms with Gasteiger partial charge in [0.15, 0.2) is 0 Å². The van der Waals surface area contributed by atoms with Crippen molar-refractivity contribution in [3.63, 3.8) is 0 Å². The van der Waals surface area contributed by atoms with Crippen LogP contribution in [0.25, 0.3) is 0 Å². The molecule has 0 aromatic heterocycles. The van der Waals surface area contributed by atoms with E-state index in [9.17, 15) is 4.79 Å². The van der Waals surface area contributed by atoms with Crippen LogP contribution >= 0.6 is 22.6 Å². The summed E-state index contributed by atoms with van der Waals surface area (Å²) in [5.41, 5.74) is 1.81. The lowest BCUT2D eigenvalue weighted by atomic mass is 10.1. The number of benzene rings is 1. The van der Waals surface area contributed by atoms with Gasteiger partial charge in [-0.3, -0.25) is 0 Å². The first-order valence-corrected chi connectivity index (χ1v) is 6.09. The lowest BCUT2D eigenvalue weighted by Crippen LogP contribution is -2.14. The van der Waals surface area contributed by atoms with E-state index in [2.05, 4.69) is 22.6 Å². The molecule has 82 valence electrons. The maximum Gasteiger partial charge on any atom is 0.338 e. The second-order valence-corrected chi connectivity index (χ2v) is 4.75. The predicted octanol–water partition coefficient (Wildman–Crippen LogP) is 3.55. The number of halogens is 1. The summed E-state index contributed by atoms with van der Waals surface area (Å²) in [6.45, 7) is 5.92. The number of carbonyl (C=O) groups is 1. The lowest BCUT2D eigenvalue weighted by Gasteiger charge is -2.11. The van der Waals surface area contributed by atoms with Crippen LogP contribution in [0.3, 0.4) is 0 Å². The van der Waals surface area contributed by atoms with Crippen LogP contribution in [0.5, 0.6) is 0 Å². The summed E-state index contributed by atoms with van der Waals surface area (Å²) < 4.78 is 6.33. The van der Waals surface area contributed by atoms with Crippen molar-refractivity contribution in [2.45, 2.75) is 33.3 Å². The van der Waals surface area contributed by atoms with Crippen LogP contribution in [0.2, 0.25) is 0 Å². The first-order valence-electron chi connectivity index (χ1n) is 5.01. The Morgan fingerprint density at radius 1 is 1.53 bits per heavy atom. The van der Waals surface area contributed by atoms with Gasteiger partial charge in [0.2, 0.25) is 0 Å². The van der Waals surface area contributed by atoms with E-state index in [1.165, 1.54) is 5.56 Å². The van der Waals surface area contributed by atoms with Crippen molar-refractivity contribution in [3.05, 3.63) is 32.9 Å². The first kappa shape index (κ1) is 12.5. The van der Waals surface area contributed by atoms with Gasteiger partial charge in [-0.15, -0.1) is 0 Å². The average molecular weight is 318 g/mol. The molecule has 0 saturated carbocycles. The lowest BCUT2D eigenvalue weighted by molar-refractivity contribution is 0.0334. The smallest absolute Gasteiger partial charge is 0.338 e. The van der Waals surface area contributed by atoms with E-state index < -0.39 is 0 Å². The molecule has 0 saturated heterocycles. The maximum absolute atomic E-state index is 11.7. The summed E-state index contributed by atoms with van der Waals surface area (Å²) >= 11 is 2.22. The number of hydrogen-bond acceptors (Lipinski definition) is 2. The zero-order valence-electron chi connectivity index (χ0n) is 9.21. The number of rotatable bonds is 3. The van der Waals surface area contributed by atoms with Crippen molar-refractivity contribution < 1.29 is 9.53 Å². The Morgan fingerprint density at radius 2 is 2.20 bits per heavy atom. The van der Waals surface area contributed by atoms with E-state index in [0.29, 0.717) is 5.56 Å². The van der Waals surface area contributed by atoms with Crippen LogP contribution in [0, 0.1) is 10.5 Å². The molecule has 0 heterocycles. The molecule has 0 aliphatic heterocycles. The minimum atomic E-state index is -0.234. The van der Waals surface area contributed by atoms with Gasteiger partial charge in [-0.05, 0) is 60.6 Å². The summed E-state index contributed by atoms with van der Waals surface area (Å²) in [5.74, 6) is -0.234. The minimum Gasteiger partial charge on any atom is -0.459 e. The Morgan fingerprint density at radius 3 is 2.73 bits per heavy atom. The van der Waals surface area contributed by atoms with Gasteiger partial charge in [0.25, 0.3) is 0 Å². The molecule has 0 aliphatic rings. The van der Waals surface area contributed by atoms with Gasteiger partial charge in [0.1, 0.15) is 0 Å². The second kappa shape index (κ2) is 5.49. The summed E-state index contributed by atoms with van der Waals surface area (Å²) in [6, 6.07) is 5.61. The van der Waals surface area contributed by atoms with E-state index in [0.717, 1.165) is 9.99 Å². The Hall–Kier alpha value is -0.580. The van der Waals surface area contributed by atoms with Crippen LogP contribution in [0.4, 0.5) is 0 Å². The van der Waals surface area contributed by atoms with Crippen molar-refractivity contribution >= 4 is 28.6 Å². The summed E-state index contributed by atoms with van der Waals surface area (Å²) in [4.78, 5) is 11.7. The topological polar surface area (TPSA) is 26.3 Å². The Labute approximate surface area is 104 Å². The molecule has 0 spiro atoms. The Bertz CT molecular complexity index is 361. The molecule has 1 atom stereocenters. The van der Waals surface area contributed by atoms with Gasteiger partial charge < -0.3 is 4.74 Å². The van der Waals surface area contributed by atoms with Crippen molar-refractivity contribution in [1.29, 1.82) is 0 Å². The summed E-state index contributed by atoms with van der Waals surface area (Å²) in [5, 5.41) is 0. The fraction of sp³-hybridized carbons (Fsp3) is 0.417.